The Labute approximate surface area is 98.3 Å². The molecule has 0 aliphatic carbocycles. The fourth-order valence-electron chi connectivity index (χ4n) is 1.39. The molecule has 0 atom stereocenters. The first-order valence-electron chi connectivity index (χ1n) is 5.19. The Morgan fingerprint density at radius 3 is 2.59 bits per heavy atom. The minimum Gasteiger partial charge on any atom is -0.348 e. The van der Waals surface area contributed by atoms with Crippen molar-refractivity contribution in [3.05, 3.63) is 65.7 Å². The fraction of sp³-hybridized carbons (Fsp3) is 0.0769. The van der Waals surface area contributed by atoms with Gasteiger partial charge in [-0.05, 0) is 17.7 Å². The number of benzene rings is 1. The van der Waals surface area contributed by atoms with Crippen LogP contribution in [0, 0.1) is 5.95 Å². The van der Waals surface area contributed by atoms with E-state index in [1.54, 1.807) is 0 Å². The Kier molecular flexibility index (Phi) is 3.45. The average Bonchev–Trinajstić information content (AvgIpc) is 2.38. The summed E-state index contributed by atoms with van der Waals surface area (Å²) in [5.41, 5.74) is 1.36. The minimum atomic E-state index is -0.593. The quantitative estimate of drug-likeness (QED) is 0.821. The number of halogens is 1. The van der Waals surface area contributed by atoms with Gasteiger partial charge in [0.1, 0.15) is 0 Å². The lowest BCUT2D eigenvalue weighted by Gasteiger charge is -2.04. The van der Waals surface area contributed by atoms with Crippen LogP contribution < -0.4 is 5.32 Å². The minimum absolute atomic E-state index is 0.263. The lowest BCUT2D eigenvalue weighted by molar-refractivity contribution is 0.0950. The maximum absolute atomic E-state index is 12.6. The third-order valence-electron chi connectivity index (χ3n) is 2.29. The van der Waals surface area contributed by atoms with Crippen LogP contribution in [0.15, 0.2) is 48.7 Å². The van der Waals surface area contributed by atoms with Crippen LogP contribution in [-0.2, 0) is 6.54 Å². The molecule has 0 unspecified atom stereocenters. The highest BCUT2D eigenvalue weighted by Crippen LogP contribution is 2.01. The molecule has 0 saturated heterocycles. The Morgan fingerprint density at radius 1 is 1.18 bits per heavy atom. The molecule has 0 aliphatic heterocycles. The average molecular weight is 230 g/mol. The Morgan fingerprint density at radius 2 is 1.94 bits per heavy atom. The van der Waals surface area contributed by atoms with Gasteiger partial charge in [-0.25, -0.2) is 4.98 Å². The Balaban J connectivity index is 1.96. The zero-order valence-electron chi connectivity index (χ0n) is 9.06. The zero-order chi connectivity index (χ0) is 12.1. The van der Waals surface area contributed by atoms with E-state index in [1.165, 1.54) is 12.3 Å². The number of nitrogens with zero attached hydrogens (tertiary/aromatic N) is 1. The molecule has 1 aromatic carbocycles. The first-order chi connectivity index (χ1) is 8.25. The number of nitrogens with one attached hydrogen (secondary N) is 1. The van der Waals surface area contributed by atoms with Crippen LogP contribution in [0.2, 0.25) is 0 Å². The van der Waals surface area contributed by atoms with Gasteiger partial charge in [0.25, 0.3) is 5.91 Å². The SMILES string of the molecule is O=C(NCc1ccccc1)c1ccc(F)nc1. The summed E-state index contributed by atoms with van der Waals surface area (Å²) in [5.74, 6) is -0.856. The van der Waals surface area contributed by atoms with Gasteiger partial charge in [0.15, 0.2) is 0 Å². The molecule has 1 aromatic heterocycles. The number of hydrogen-bond acceptors (Lipinski definition) is 2. The van der Waals surface area contributed by atoms with Crippen molar-refractivity contribution in [3.8, 4) is 0 Å². The van der Waals surface area contributed by atoms with Crippen LogP contribution in [-0.4, -0.2) is 10.9 Å². The number of amides is 1. The van der Waals surface area contributed by atoms with Crippen molar-refractivity contribution in [2.24, 2.45) is 0 Å². The van der Waals surface area contributed by atoms with E-state index in [-0.39, 0.29) is 5.91 Å². The normalized spacial score (nSPS) is 9.94. The van der Waals surface area contributed by atoms with Crippen molar-refractivity contribution in [2.75, 3.05) is 0 Å². The molecule has 86 valence electrons. The van der Waals surface area contributed by atoms with Gasteiger partial charge in [0, 0.05) is 12.7 Å². The largest absolute Gasteiger partial charge is 0.348 e. The smallest absolute Gasteiger partial charge is 0.253 e. The van der Waals surface area contributed by atoms with Gasteiger partial charge >= 0.3 is 0 Å². The van der Waals surface area contributed by atoms with E-state index in [1.807, 2.05) is 30.3 Å². The first kappa shape index (κ1) is 11.3. The second-order valence-electron chi connectivity index (χ2n) is 3.54. The molecule has 0 aliphatic rings. The molecule has 0 spiro atoms. The molecule has 0 radical (unpaired) electrons. The molecule has 2 aromatic rings. The molecule has 1 amide bonds. The summed E-state index contributed by atoms with van der Waals surface area (Å²) in [4.78, 5) is 15.1. The third kappa shape index (κ3) is 3.11. The second kappa shape index (κ2) is 5.21. The van der Waals surface area contributed by atoms with Crippen molar-refractivity contribution < 1.29 is 9.18 Å². The number of carbonyl (C=O) groups is 1. The van der Waals surface area contributed by atoms with E-state index >= 15 is 0 Å². The van der Waals surface area contributed by atoms with Crippen molar-refractivity contribution in [2.45, 2.75) is 6.54 Å². The van der Waals surface area contributed by atoms with Crippen molar-refractivity contribution >= 4 is 5.91 Å². The summed E-state index contributed by atoms with van der Waals surface area (Å²) >= 11 is 0. The highest BCUT2D eigenvalue weighted by atomic mass is 19.1. The molecule has 1 heterocycles. The van der Waals surface area contributed by atoms with Gasteiger partial charge in [-0.1, -0.05) is 30.3 Å². The molecule has 0 saturated carbocycles. The summed E-state index contributed by atoms with van der Waals surface area (Å²) in [6.07, 6.45) is 1.22. The zero-order valence-corrected chi connectivity index (χ0v) is 9.06. The maximum Gasteiger partial charge on any atom is 0.253 e. The standard InChI is InChI=1S/C13H11FN2O/c14-12-7-6-11(9-15-12)13(17)16-8-10-4-2-1-3-5-10/h1-7,9H,8H2,(H,16,17). The molecule has 17 heavy (non-hydrogen) atoms. The van der Waals surface area contributed by atoms with Crippen LogP contribution >= 0.6 is 0 Å². The summed E-state index contributed by atoms with van der Waals surface area (Å²) in [6, 6.07) is 12.1. The predicted molar refractivity (Wildman–Crippen MR) is 61.8 cm³/mol. The molecular weight excluding hydrogens is 219 g/mol. The lowest BCUT2D eigenvalue weighted by Crippen LogP contribution is -2.22. The summed E-state index contributed by atoms with van der Waals surface area (Å²) in [7, 11) is 0. The van der Waals surface area contributed by atoms with Gasteiger partial charge in [-0.15, -0.1) is 0 Å². The molecule has 3 nitrogen and oxygen atoms in total. The molecule has 0 bridgehead atoms. The van der Waals surface area contributed by atoms with Crippen LogP contribution in [0.25, 0.3) is 0 Å². The van der Waals surface area contributed by atoms with Gasteiger partial charge < -0.3 is 5.32 Å². The Hall–Kier alpha value is -2.23. The van der Waals surface area contributed by atoms with E-state index in [0.29, 0.717) is 12.1 Å². The van der Waals surface area contributed by atoms with Crippen LogP contribution in [0.5, 0.6) is 0 Å². The van der Waals surface area contributed by atoms with Crippen molar-refractivity contribution in [1.82, 2.24) is 10.3 Å². The van der Waals surface area contributed by atoms with Gasteiger partial charge in [0.2, 0.25) is 5.95 Å². The molecule has 2 rings (SSSR count). The summed E-state index contributed by atoms with van der Waals surface area (Å²) in [5, 5.41) is 2.73. The third-order valence-corrected chi connectivity index (χ3v) is 2.29. The maximum atomic E-state index is 12.6. The van der Waals surface area contributed by atoms with E-state index < -0.39 is 5.95 Å². The molecular formula is C13H11FN2O. The second-order valence-corrected chi connectivity index (χ2v) is 3.54. The van der Waals surface area contributed by atoms with Crippen LogP contribution in [0.3, 0.4) is 0 Å². The van der Waals surface area contributed by atoms with Crippen LogP contribution in [0.1, 0.15) is 15.9 Å². The monoisotopic (exact) mass is 230 g/mol. The Bertz CT molecular complexity index is 497. The van der Waals surface area contributed by atoms with Gasteiger partial charge in [-0.2, -0.15) is 4.39 Å². The number of pyridine rings is 1. The number of rotatable bonds is 3. The van der Waals surface area contributed by atoms with E-state index in [9.17, 15) is 9.18 Å². The van der Waals surface area contributed by atoms with E-state index in [4.69, 9.17) is 0 Å². The highest BCUT2D eigenvalue weighted by molar-refractivity contribution is 5.93. The van der Waals surface area contributed by atoms with Crippen LogP contribution in [0.4, 0.5) is 4.39 Å². The summed E-state index contributed by atoms with van der Waals surface area (Å²) < 4.78 is 12.6. The van der Waals surface area contributed by atoms with E-state index in [2.05, 4.69) is 10.3 Å². The van der Waals surface area contributed by atoms with E-state index in [0.717, 1.165) is 11.6 Å². The molecule has 4 heteroatoms. The molecule has 1 N–H and O–H groups in total. The highest BCUT2D eigenvalue weighted by Gasteiger charge is 2.05. The van der Waals surface area contributed by atoms with Gasteiger partial charge in [0.05, 0.1) is 5.56 Å². The number of hydrogen-bond donors (Lipinski definition) is 1. The predicted octanol–water partition coefficient (Wildman–Crippen LogP) is 2.15. The number of carbonyl (C=O) groups excluding carboxylic acids is 1. The van der Waals surface area contributed by atoms with Gasteiger partial charge in [-0.3, -0.25) is 4.79 Å². The lowest BCUT2D eigenvalue weighted by atomic mass is 10.2. The number of aromatic nitrogens is 1. The molecule has 0 fully saturated rings. The van der Waals surface area contributed by atoms with Crippen molar-refractivity contribution in [1.29, 1.82) is 0 Å². The topological polar surface area (TPSA) is 42.0 Å². The summed E-state index contributed by atoms with van der Waals surface area (Å²) in [6.45, 7) is 0.442. The fourth-order valence-corrected chi connectivity index (χ4v) is 1.39. The van der Waals surface area contributed by atoms with Crippen molar-refractivity contribution in [3.63, 3.8) is 0 Å². The first-order valence-corrected chi connectivity index (χ1v) is 5.19.